The van der Waals surface area contributed by atoms with Crippen molar-refractivity contribution in [2.75, 3.05) is 59.0 Å². The van der Waals surface area contributed by atoms with E-state index in [1.807, 2.05) is 47.6 Å². The van der Waals surface area contributed by atoms with Gasteiger partial charge in [0.2, 0.25) is 19.7 Å². The van der Waals surface area contributed by atoms with Crippen LogP contribution in [-0.2, 0) is 33.9 Å². The summed E-state index contributed by atoms with van der Waals surface area (Å²) in [6.07, 6.45) is 1.52. The zero-order valence-electron chi connectivity index (χ0n) is 38.1. The van der Waals surface area contributed by atoms with Gasteiger partial charge in [0.25, 0.3) is 0 Å². The Kier molecular flexibility index (Phi) is 17.9. The number of carbonyl (C=O) groups is 2. The van der Waals surface area contributed by atoms with E-state index in [-0.39, 0.29) is 55.1 Å². The van der Waals surface area contributed by atoms with E-state index in [1.54, 1.807) is 95.9 Å². The van der Waals surface area contributed by atoms with Gasteiger partial charge in [-0.15, -0.1) is 11.6 Å². The van der Waals surface area contributed by atoms with Crippen LogP contribution in [-0.4, -0.2) is 109 Å². The quantitative estimate of drug-likeness (QED) is 0.116. The number of nitrogens with zero attached hydrogens (tertiary/aromatic N) is 2. The van der Waals surface area contributed by atoms with Gasteiger partial charge in [-0.25, -0.2) is 21.6 Å². The fourth-order valence-corrected chi connectivity index (χ4v) is 10.1. The number of esters is 1. The Hall–Kier alpha value is -4.71. The molecule has 3 heterocycles. The lowest BCUT2D eigenvalue weighted by Crippen LogP contribution is -2.48. The minimum absolute atomic E-state index is 0.0155. The van der Waals surface area contributed by atoms with Crippen LogP contribution < -0.4 is 20.5 Å². The molecule has 4 aromatic carbocycles. The monoisotopic (exact) mass is 954 g/mol. The summed E-state index contributed by atoms with van der Waals surface area (Å²) in [5.74, 6) is 0.863. The number of sulfone groups is 2. The molecule has 2 atom stereocenters. The summed E-state index contributed by atoms with van der Waals surface area (Å²) in [5, 5.41) is 3.06. The highest BCUT2D eigenvalue weighted by Gasteiger charge is 2.30. The van der Waals surface area contributed by atoms with Gasteiger partial charge in [-0.1, -0.05) is 48.5 Å². The first-order valence-corrected chi connectivity index (χ1v) is 25.2. The molecule has 1 saturated heterocycles. The summed E-state index contributed by atoms with van der Waals surface area (Å²) in [7, 11) is -7.15. The van der Waals surface area contributed by atoms with Crippen LogP contribution in [0.1, 0.15) is 83.4 Å². The minimum Gasteiger partial charge on any atom is -0.493 e. The largest absolute Gasteiger partial charge is 0.493 e. The third-order valence-electron chi connectivity index (χ3n) is 10.3. The Morgan fingerprint density at radius 2 is 1.20 bits per heavy atom. The number of hydrogen-bond donors (Lipinski definition) is 2. The van der Waals surface area contributed by atoms with Crippen molar-refractivity contribution in [3.63, 3.8) is 0 Å². The maximum atomic E-state index is 13.0. The molecule has 4 aromatic rings. The Morgan fingerprint density at radius 1 is 0.708 bits per heavy atom. The molecule has 0 aliphatic carbocycles. The first-order valence-electron chi connectivity index (χ1n) is 21.8. The number of benzene rings is 4. The second-order valence-corrected chi connectivity index (χ2v) is 22.1. The molecule has 2 unspecified atom stereocenters. The normalized spacial score (nSPS) is 17.3. The number of nitrogens with one attached hydrogen (secondary N) is 1. The average Bonchev–Trinajstić information content (AvgIpc) is 3.27. The molecule has 354 valence electrons. The molecule has 3 aliphatic heterocycles. The smallest absolute Gasteiger partial charge is 0.410 e. The predicted molar refractivity (Wildman–Crippen MR) is 250 cm³/mol. The molecule has 7 rings (SSSR count). The van der Waals surface area contributed by atoms with Crippen molar-refractivity contribution in [3.8, 4) is 11.5 Å². The van der Waals surface area contributed by atoms with Gasteiger partial charge in [0.05, 0.1) is 44.6 Å². The highest BCUT2D eigenvalue weighted by molar-refractivity contribution is 7.91. The standard InChI is InChI=1S/C24H32N2O5S.C15H13ClO3S.C9H18N2O2/c1-24(2,3)31-23(27)11-14-26(15-13-25)21-12-16-30-22-17-19(9-10-20(21)22)32(28,29)18-7-5-4-6-8-18;16-14-8-9-19-15-10-12(6-7-13(14)15)20(17,18)11-4-2-1-3-5-11;1-9(2,3)13-8(12)11-6-4-10-5-7-11/h4-10,17,21H,11-16,25H2,1-3H3;1-7,10,14H,8-9H2;10H,4-7H2,1-3H3. The average molecular weight is 956 g/mol. The SMILES string of the molecule is CC(C)(C)OC(=O)CCN(CCN)C1CCOc2cc(S(=O)(=O)c3ccccc3)ccc21.CC(C)(C)OC(=O)N1CCNCC1.O=S(=O)(c1ccccc1)c1ccc2c(c1)OCCC2Cl. The third kappa shape index (κ3) is 14.6. The Balaban J connectivity index is 0.000000203. The van der Waals surface area contributed by atoms with E-state index >= 15 is 0 Å². The van der Waals surface area contributed by atoms with E-state index in [0.29, 0.717) is 44.3 Å². The van der Waals surface area contributed by atoms with E-state index in [1.165, 1.54) is 0 Å². The lowest BCUT2D eigenvalue weighted by atomic mass is 9.98. The zero-order chi connectivity index (χ0) is 47.4. The Morgan fingerprint density at radius 3 is 1.71 bits per heavy atom. The van der Waals surface area contributed by atoms with Crippen molar-refractivity contribution < 1.29 is 45.4 Å². The molecule has 0 spiro atoms. The lowest BCUT2D eigenvalue weighted by molar-refractivity contribution is -0.155. The summed E-state index contributed by atoms with van der Waals surface area (Å²) in [6.45, 7) is 16.9. The number of alkyl halides is 1. The van der Waals surface area contributed by atoms with Gasteiger partial charge in [0.15, 0.2) is 0 Å². The van der Waals surface area contributed by atoms with Gasteiger partial charge in [0, 0.05) is 75.8 Å². The van der Waals surface area contributed by atoms with Crippen LogP contribution in [0.25, 0.3) is 0 Å². The van der Waals surface area contributed by atoms with E-state index in [4.69, 9.17) is 36.3 Å². The summed E-state index contributed by atoms with van der Waals surface area (Å²) in [4.78, 5) is 28.5. The van der Waals surface area contributed by atoms with E-state index in [0.717, 1.165) is 50.1 Å². The summed E-state index contributed by atoms with van der Waals surface area (Å²) < 4.78 is 73.0. The van der Waals surface area contributed by atoms with Gasteiger partial charge in [-0.3, -0.25) is 9.69 Å². The fraction of sp³-hybridized carbons (Fsp3) is 0.458. The fourth-order valence-electron chi connectivity index (χ4n) is 7.25. The van der Waals surface area contributed by atoms with Gasteiger partial charge >= 0.3 is 12.1 Å². The Bertz CT molecular complexity index is 2420. The number of piperazine rings is 1. The molecule has 1 fully saturated rings. The highest BCUT2D eigenvalue weighted by atomic mass is 35.5. The topological polar surface area (TPSA) is 184 Å². The first kappa shape index (κ1) is 51.3. The summed E-state index contributed by atoms with van der Waals surface area (Å²) in [5.41, 5.74) is 6.68. The second kappa shape index (κ2) is 22.7. The zero-order valence-corrected chi connectivity index (χ0v) is 40.5. The van der Waals surface area contributed by atoms with Crippen LogP contribution in [0, 0.1) is 0 Å². The van der Waals surface area contributed by atoms with E-state index in [2.05, 4.69) is 10.2 Å². The molecular formula is C48H63ClN4O10S2. The van der Waals surface area contributed by atoms with Gasteiger partial charge in [-0.05, 0) is 90.1 Å². The summed E-state index contributed by atoms with van der Waals surface area (Å²) >= 11 is 6.20. The van der Waals surface area contributed by atoms with Crippen molar-refractivity contribution in [2.24, 2.45) is 5.73 Å². The van der Waals surface area contributed by atoms with Crippen molar-refractivity contribution >= 4 is 43.3 Å². The number of fused-ring (bicyclic) bond motifs is 2. The van der Waals surface area contributed by atoms with Crippen molar-refractivity contribution in [1.29, 1.82) is 0 Å². The number of amides is 1. The molecule has 3 aliphatic rings. The molecule has 3 N–H and O–H groups in total. The molecule has 0 radical (unpaired) electrons. The number of nitrogens with two attached hydrogens (primary N) is 1. The van der Waals surface area contributed by atoms with Gasteiger partial charge in [0.1, 0.15) is 22.7 Å². The molecule has 0 aromatic heterocycles. The maximum absolute atomic E-state index is 13.0. The van der Waals surface area contributed by atoms with Crippen molar-refractivity contribution in [1.82, 2.24) is 15.1 Å². The highest BCUT2D eigenvalue weighted by Crippen LogP contribution is 2.40. The van der Waals surface area contributed by atoms with E-state index < -0.39 is 25.3 Å². The number of hydrogen-bond acceptors (Lipinski definition) is 13. The van der Waals surface area contributed by atoms with Crippen molar-refractivity contribution in [2.45, 2.75) is 103 Å². The third-order valence-corrected chi connectivity index (χ3v) is 14.3. The number of carbonyl (C=O) groups excluding carboxylic acids is 2. The van der Waals surface area contributed by atoms with E-state index in [9.17, 15) is 26.4 Å². The predicted octanol–water partition coefficient (Wildman–Crippen LogP) is 7.74. The van der Waals surface area contributed by atoms with Crippen molar-refractivity contribution in [3.05, 3.63) is 108 Å². The lowest BCUT2D eigenvalue weighted by Gasteiger charge is -2.35. The number of rotatable bonds is 10. The molecule has 14 nitrogen and oxygen atoms in total. The van der Waals surface area contributed by atoms with Crippen LogP contribution in [0.15, 0.2) is 117 Å². The van der Waals surface area contributed by atoms with Crippen LogP contribution in [0.3, 0.4) is 0 Å². The molecule has 65 heavy (non-hydrogen) atoms. The second-order valence-electron chi connectivity index (χ2n) is 17.7. The molecule has 0 saturated carbocycles. The van der Waals surface area contributed by atoms with Crippen LogP contribution in [0.5, 0.6) is 11.5 Å². The molecule has 0 bridgehead atoms. The maximum Gasteiger partial charge on any atom is 0.410 e. The molecule has 1 amide bonds. The summed E-state index contributed by atoms with van der Waals surface area (Å²) in [6, 6.07) is 26.6. The molecule has 17 heteroatoms. The first-order chi connectivity index (χ1) is 30.7. The van der Waals surface area contributed by atoms with Gasteiger partial charge in [-0.2, -0.15) is 0 Å². The number of halogens is 1. The minimum atomic E-state index is -3.63. The van der Waals surface area contributed by atoms with Crippen LogP contribution >= 0.6 is 11.6 Å². The Labute approximate surface area is 389 Å². The van der Waals surface area contributed by atoms with Gasteiger partial charge < -0.3 is 34.9 Å². The van der Waals surface area contributed by atoms with Crippen LogP contribution in [0.2, 0.25) is 0 Å². The number of ether oxygens (including phenoxy) is 4. The van der Waals surface area contributed by atoms with Crippen LogP contribution in [0.4, 0.5) is 4.79 Å². The molecular weight excluding hydrogens is 892 g/mol.